The normalized spacial score (nSPS) is 19.4. The van der Waals surface area contributed by atoms with Crippen LogP contribution in [0.3, 0.4) is 0 Å². The Morgan fingerprint density at radius 3 is 3.06 bits per heavy atom. The van der Waals surface area contributed by atoms with Gasteiger partial charge in [0, 0.05) is 6.20 Å². The van der Waals surface area contributed by atoms with Crippen LogP contribution in [0.15, 0.2) is 29.8 Å². The maximum absolute atomic E-state index is 6.01. The first kappa shape index (κ1) is 11.9. The lowest BCUT2D eigenvalue weighted by Gasteiger charge is -2.12. The minimum Gasteiger partial charge on any atom is -0.235 e. The summed E-state index contributed by atoms with van der Waals surface area (Å²) in [6.07, 6.45) is 0.986. The van der Waals surface area contributed by atoms with Gasteiger partial charge in [-0.1, -0.05) is 27.9 Å². The Morgan fingerprint density at radius 2 is 2.33 bits per heavy atom. The van der Waals surface area contributed by atoms with Crippen molar-refractivity contribution in [3.63, 3.8) is 0 Å². The topological polar surface area (TPSA) is 43.8 Å². The zero-order valence-electron chi connectivity index (χ0n) is 9.37. The molecule has 0 saturated carbocycles. The van der Waals surface area contributed by atoms with Gasteiger partial charge in [0.05, 0.1) is 9.90 Å². The van der Waals surface area contributed by atoms with Crippen LogP contribution < -0.4 is 5.23 Å². The van der Waals surface area contributed by atoms with E-state index < -0.39 is 6.29 Å². The molecule has 3 heterocycles. The second-order valence-electron chi connectivity index (χ2n) is 3.64. The highest BCUT2D eigenvalue weighted by molar-refractivity contribution is 7.10. The van der Waals surface area contributed by atoms with Crippen LogP contribution in [-0.2, 0) is 14.7 Å². The average molecular weight is 285 g/mol. The van der Waals surface area contributed by atoms with Gasteiger partial charge in [0.25, 0.3) is 6.29 Å². The molecule has 5 nitrogen and oxygen atoms in total. The number of pyridine rings is 1. The van der Waals surface area contributed by atoms with Crippen molar-refractivity contribution in [3.8, 4) is 0 Å². The van der Waals surface area contributed by atoms with Gasteiger partial charge < -0.3 is 0 Å². The molecule has 1 unspecified atom stereocenters. The van der Waals surface area contributed by atoms with Crippen LogP contribution in [0, 0.1) is 6.92 Å². The van der Waals surface area contributed by atoms with E-state index in [0.29, 0.717) is 10.8 Å². The van der Waals surface area contributed by atoms with Crippen LogP contribution in [0.5, 0.6) is 0 Å². The molecule has 18 heavy (non-hydrogen) atoms. The van der Waals surface area contributed by atoms with Crippen molar-refractivity contribution in [1.29, 1.82) is 0 Å². The molecule has 0 aliphatic carbocycles. The second-order valence-corrected chi connectivity index (χ2v) is 5.00. The van der Waals surface area contributed by atoms with Crippen LogP contribution in [-0.4, -0.2) is 4.98 Å². The summed E-state index contributed by atoms with van der Waals surface area (Å²) in [4.78, 5) is 20.5. The van der Waals surface area contributed by atoms with Gasteiger partial charge in [-0.15, -0.1) is 11.3 Å². The Morgan fingerprint density at radius 1 is 1.44 bits per heavy atom. The van der Waals surface area contributed by atoms with E-state index in [-0.39, 0.29) is 0 Å². The SMILES string of the molecule is Cc1cccnc1N1OOC(c2sccc2Cl)O1. The zero-order valence-corrected chi connectivity index (χ0v) is 10.9. The van der Waals surface area contributed by atoms with Crippen LogP contribution >= 0.6 is 22.9 Å². The summed E-state index contributed by atoms with van der Waals surface area (Å²) in [7, 11) is 0. The fraction of sp³-hybridized carbons (Fsp3) is 0.182. The fourth-order valence-electron chi connectivity index (χ4n) is 1.52. The number of thiophene rings is 1. The highest BCUT2D eigenvalue weighted by atomic mass is 35.5. The summed E-state index contributed by atoms with van der Waals surface area (Å²) in [6.45, 7) is 1.90. The molecule has 1 saturated heterocycles. The van der Waals surface area contributed by atoms with E-state index in [2.05, 4.69) is 4.98 Å². The Kier molecular flexibility index (Phi) is 3.19. The number of hydrogen-bond donors (Lipinski definition) is 0. The lowest BCUT2D eigenvalue weighted by molar-refractivity contribution is -0.286. The number of nitrogens with zero attached hydrogens (tertiary/aromatic N) is 2. The van der Waals surface area contributed by atoms with E-state index in [9.17, 15) is 0 Å². The van der Waals surface area contributed by atoms with Gasteiger partial charge in [-0.3, -0.25) is 0 Å². The number of halogens is 1. The molecule has 1 aliphatic rings. The van der Waals surface area contributed by atoms with Gasteiger partial charge in [-0.25, -0.2) is 9.82 Å². The van der Waals surface area contributed by atoms with Gasteiger partial charge in [0.1, 0.15) is 0 Å². The van der Waals surface area contributed by atoms with Gasteiger partial charge in [0.15, 0.2) is 5.82 Å². The minimum atomic E-state index is -0.668. The second kappa shape index (κ2) is 4.83. The van der Waals surface area contributed by atoms with Crippen molar-refractivity contribution in [2.45, 2.75) is 13.2 Å². The van der Waals surface area contributed by atoms with Gasteiger partial charge >= 0.3 is 0 Å². The van der Waals surface area contributed by atoms with Gasteiger partial charge in [-0.05, 0) is 30.0 Å². The smallest absolute Gasteiger partial charge is 0.235 e. The maximum Gasteiger partial charge on any atom is 0.258 e. The van der Waals surface area contributed by atoms with Gasteiger partial charge in [0.2, 0.25) is 0 Å². The van der Waals surface area contributed by atoms with E-state index in [1.807, 2.05) is 24.4 Å². The van der Waals surface area contributed by atoms with Crippen molar-refractivity contribution in [2.24, 2.45) is 0 Å². The van der Waals surface area contributed by atoms with Crippen molar-refractivity contribution in [1.82, 2.24) is 4.98 Å². The minimum absolute atomic E-state index is 0.549. The largest absolute Gasteiger partial charge is 0.258 e. The molecule has 0 spiro atoms. The molecule has 1 atom stereocenters. The summed E-state index contributed by atoms with van der Waals surface area (Å²) in [5, 5.41) is 3.60. The molecule has 0 N–H and O–H groups in total. The quantitative estimate of drug-likeness (QED) is 0.791. The fourth-order valence-corrected chi connectivity index (χ4v) is 2.60. The number of anilines is 1. The molecule has 3 rings (SSSR count). The number of hydrogen-bond acceptors (Lipinski definition) is 6. The first-order chi connectivity index (χ1) is 8.75. The summed E-state index contributed by atoms with van der Waals surface area (Å²) in [5.41, 5.74) is 0.916. The third kappa shape index (κ3) is 2.09. The van der Waals surface area contributed by atoms with Gasteiger partial charge in [-0.2, -0.15) is 4.89 Å². The highest BCUT2D eigenvalue weighted by Gasteiger charge is 2.32. The van der Waals surface area contributed by atoms with Crippen molar-refractivity contribution < 1.29 is 14.7 Å². The van der Waals surface area contributed by atoms with E-state index in [4.69, 9.17) is 26.3 Å². The molecular formula is C11H9ClN2O3S. The molecule has 0 aromatic carbocycles. The lowest BCUT2D eigenvalue weighted by atomic mass is 10.3. The zero-order chi connectivity index (χ0) is 12.5. The van der Waals surface area contributed by atoms with Crippen LogP contribution in [0.4, 0.5) is 5.82 Å². The molecule has 1 aliphatic heterocycles. The predicted octanol–water partition coefficient (Wildman–Crippen LogP) is 3.42. The summed E-state index contributed by atoms with van der Waals surface area (Å²) in [6, 6.07) is 5.52. The van der Waals surface area contributed by atoms with E-state index in [1.165, 1.54) is 11.3 Å². The Labute approximate surface area is 112 Å². The van der Waals surface area contributed by atoms with Crippen LogP contribution in [0.1, 0.15) is 16.7 Å². The molecule has 0 amide bonds. The molecule has 94 valence electrons. The molecular weight excluding hydrogens is 276 g/mol. The number of rotatable bonds is 2. The highest BCUT2D eigenvalue weighted by Crippen LogP contribution is 2.37. The Hall–Kier alpha value is -1.18. The molecule has 0 bridgehead atoms. The maximum atomic E-state index is 6.01. The number of aromatic nitrogens is 1. The van der Waals surface area contributed by atoms with Crippen molar-refractivity contribution in [2.75, 3.05) is 5.23 Å². The first-order valence-corrected chi connectivity index (χ1v) is 6.46. The molecule has 2 aromatic heterocycles. The van der Waals surface area contributed by atoms with Crippen molar-refractivity contribution >= 4 is 28.8 Å². The summed E-state index contributed by atoms with van der Waals surface area (Å²) >= 11 is 7.44. The van der Waals surface area contributed by atoms with E-state index >= 15 is 0 Å². The first-order valence-electron chi connectivity index (χ1n) is 5.20. The lowest BCUT2D eigenvalue weighted by Crippen LogP contribution is -2.17. The number of aryl methyl sites for hydroxylation is 1. The summed E-state index contributed by atoms with van der Waals surface area (Å²) < 4.78 is 0. The van der Waals surface area contributed by atoms with Crippen LogP contribution in [0.2, 0.25) is 5.02 Å². The average Bonchev–Trinajstić information content (AvgIpc) is 2.98. The van der Waals surface area contributed by atoms with E-state index in [1.54, 1.807) is 12.3 Å². The predicted molar refractivity (Wildman–Crippen MR) is 66.8 cm³/mol. The van der Waals surface area contributed by atoms with E-state index in [0.717, 1.165) is 15.7 Å². The standard InChI is InChI=1S/C11H9ClN2O3S/c1-7-3-2-5-13-10(7)14-15-11(16-17-14)9-8(12)4-6-18-9/h2-6,11H,1H3. The van der Waals surface area contributed by atoms with Crippen molar-refractivity contribution in [3.05, 3.63) is 45.2 Å². The molecule has 2 aromatic rings. The molecule has 1 fully saturated rings. The van der Waals surface area contributed by atoms with Crippen LogP contribution in [0.25, 0.3) is 0 Å². The molecule has 0 radical (unpaired) electrons. The molecule has 7 heteroatoms. The Bertz CT molecular complexity index is 563. The monoisotopic (exact) mass is 284 g/mol. The Balaban J connectivity index is 1.80. The third-order valence-electron chi connectivity index (χ3n) is 2.40. The summed E-state index contributed by atoms with van der Waals surface area (Å²) in [5.74, 6) is 0.549. The third-order valence-corrected chi connectivity index (χ3v) is 3.78.